The van der Waals surface area contributed by atoms with E-state index in [4.69, 9.17) is 0 Å². The van der Waals surface area contributed by atoms with Gasteiger partial charge in [-0.25, -0.2) is 4.98 Å². The van der Waals surface area contributed by atoms with Gasteiger partial charge in [0, 0.05) is 6.54 Å². The number of fused-ring (bicyclic) bond motifs is 3. The van der Waals surface area contributed by atoms with Crippen LogP contribution in [0.5, 0.6) is 0 Å². The summed E-state index contributed by atoms with van der Waals surface area (Å²) in [6.07, 6.45) is 3.88. The highest BCUT2D eigenvalue weighted by molar-refractivity contribution is 7.98. The highest BCUT2D eigenvalue weighted by atomic mass is 32.2. The van der Waals surface area contributed by atoms with Crippen molar-refractivity contribution < 1.29 is 0 Å². The van der Waals surface area contributed by atoms with Crippen LogP contribution in [0.25, 0.3) is 28.8 Å². The first kappa shape index (κ1) is 19.3. The molecule has 0 bridgehead atoms. The Kier molecular flexibility index (Phi) is 5.09. The van der Waals surface area contributed by atoms with Crippen LogP contribution in [0.15, 0.2) is 64.5 Å². The largest absolute Gasteiger partial charge is 0.277 e. The molecule has 0 saturated heterocycles. The summed E-state index contributed by atoms with van der Waals surface area (Å²) in [5.74, 6) is 2.49. The van der Waals surface area contributed by atoms with E-state index in [1.165, 1.54) is 11.8 Å². The lowest BCUT2D eigenvalue weighted by atomic mass is 10.2. The molecule has 154 valence electrons. The van der Waals surface area contributed by atoms with Gasteiger partial charge in [0.05, 0.1) is 16.7 Å². The van der Waals surface area contributed by atoms with E-state index in [1.54, 1.807) is 4.57 Å². The summed E-state index contributed by atoms with van der Waals surface area (Å²) in [4.78, 5) is 17.3. The Hall–Kier alpha value is -3.72. The summed E-state index contributed by atoms with van der Waals surface area (Å²) >= 11 is 1.46. The number of H-pyrrole nitrogens is 1. The number of aryl methyl sites for hydroxylation is 1. The molecular formula is C22H19N7OS. The second kappa shape index (κ2) is 8.19. The van der Waals surface area contributed by atoms with Crippen molar-refractivity contribution in [3.05, 3.63) is 82.2 Å². The summed E-state index contributed by atoms with van der Waals surface area (Å²) in [7, 11) is 0. The van der Waals surface area contributed by atoms with Gasteiger partial charge in [-0.2, -0.15) is 0 Å². The normalized spacial score (nSPS) is 11.8. The predicted octanol–water partition coefficient (Wildman–Crippen LogP) is 3.64. The summed E-state index contributed by atoms with van der Waals surface area (Å²) < 4.78 is 3.58. The third-order valence-electron chi connectivity index (χ3n) is 4.94. The third kappa shape index (κ3) is 3.64. The molecule has 0 aliphatic rings. The first-order chi connectivity index (χ1) is 15.2. The second-order valence-corrected chi connectivity index (χ2v) is 7.80. The number of nitrogens with one attached hydrogen (secondary N) is 1. The van der Waals surface area contributed by atoms with Gasteiger partial charge in [-0.05, 0) is 30.7 Å². The lowest BCUT2D eigenvalue weighted by Crippen LogP contribution is -2.22. The fraction of sp³-hybridized carbons (Fsp3) is 0.136. The zero-order valence-electron chi connectivity index (χ0n) is 16.8. The van der Waals surface area contributed by atoms with Gasteiger partial charge in [-0.1, -0.05) is 60.3 Å². The number of aromatic nitrogens is 7. The van der Waals surface area contributed by atoms with Crippen molar-refractivity contribution in [2.75, 3.05) is 0 Å². The molecule has 3 heterocycles. The standard InChI is InChI=1S/C22H19N7OS/c1-2-28-20(30)16-10-6-7-11-17(16)29-19(25-27-22(28)29)14-31-21-23-18(24-26-21)13-12-15-8-4-3-5-9-15/h3-13H,2,14H2,1H3,(H,23,24,26). The molecule has 0 aliphatic carbocycles. The quantitative estimate of drug-likeness (QED) is 0.414. The molecule has 0 fully saturated rings. The number of hydrogen-bond donors (Lipinski definition) is 1. The van der Waals surface area contributed by atoms with Gasteiger partial charge in [0.1, 0.15) is 11.6 Å². The number of rotatable bonds is 6. The Morgan fingerprint density at radius 1 is 1.03 bits per heavy atom. The van der Waals surface area contributed by atoms with Crippen molar-refractivity contribution in [2.45, 2.75) is 24.4 Å². The molecule has 5 aromatic rings. The highest BCUT2D eigenvalue weighted by Crippen LogP contribution is 2.21. The van der Waals surface area contributed by atoms with Crippen LogP contribution in [0, 0.1) is 0 Å². The molecule has 0 spiro atoms. The van der Waals surface area contributed by atoms with E-state index in [0.29, 0.717) is 34.4 Å². The molecule has 0 amide bonds. The topological polar surface area (TPSA) is 93.8 Å². The molecule has 5 rings (SSSR count). The van der Waals surface area contributed by atoms with Gasteiger partial charge in [0.15, 0.2) is 0 Å². The summed E-state index contributed by atoms with van der Waals surface area (Å²) in [5.41, 5.74) is 1.84. The summed E-state index contributed by atoms with van der Waals surface area (Å²) in [5, 5.41) is 17.1. The molecule has 0 unspecified atom stereocenters. The van der Waals surface area contributed by atoms with Crippen LogP contribution in [-0.4, -0.2) is 34.3 Å². The van der Waals surface area contributed by atoms with Crippen molar-refractivity contribution in [3.63, 3.8) is 0 Å². The summed E-state index contributed by atoms with van der Waals surface area (Å²) in [6.45, 7) is 2.45. The maximum absolute atomic E-state index is 12.8. The molecule has 0 radical (unpaired) electrons. The average Bonchev–Trinajstić information content (AvgIpc) is 3.44. The van der Waals surface area contributed by atoms with Gasteiger partial charge in [0.2, 0.25) is 10.9 Å². The molecule has 1 N–H and O–H groups in total. The van der Waals surface area contributed by atoms with Crippen molar-refractivity contribution in [1.29, 1.82) is 0 Å². The van der Waals surface area contributed by atoms with Crippen LogP contribution in [0.4, 0.5) is 0 Å². The molecule has 31 heavy (non-hydrogen) atoms. The van der Waals surface area contributed by atoms with Gasteiger partial charge in [-0.3, -0.25) is 18.9 Å². The van der Waals surface area contributed by atoms with Gasteiger partial charge in [0.25, 0.3) is 5.56 Å². The Bertz CT molecular complexity index is 1450. The zero-order chi connectivity index (χ0) is 21.2. The Morgan fingerprint density at radius 3 is 2.68 bits per heavy atom. The van der Waals surface area contributed by atoms with E-state index in [0.717, 1.165) is 16.9 Å². The number of hydrogen-bond acceptors (Lipinski definition) is 6. The van der Waals surface area contributed by atoms with Crippen LogP contribution < -0.4 is 5.56 Å². The number of para-hydroxylation sites is 1. The molecule has 0 saturated carbocycles. The van der Waals surface area contributed by atoms with Crippen LogP contribution in [0.3, 0.4) is 0 Å². The average molecular weight is 430 g/mol. The van der Waals surface area contributed by atoms with E-state index in [9.17, 15) is 4.79 Å². The number of thioether (sulfide) groups is 1. The maximum atomic E-state index is 12.8. The fourth-order valence-corrected chi connectivity index (χ4v) is 4.18. The van der Waals surface area contributed by atoms with E-state index < -0.39 is 0 Å². The molecule has 3 aromatic heterocycles. The van der Waals surface area contributed by atoms with Gasteiger partial charge < -0.3 is 0 Å². The van der Waals surface area contributed by atoms with Crippen molar-refractivity contribution in [2.24, 2.45) is 0 Å². The first-order valence-electron chi connectivity index (χ1n) is 9.88. The zero-order valence-corrected chi connectivity index (χ0v) is 17.6. The minimum Gasteiger partial charge on any atom is -0.277 e. The van der Waals surface area contributed by atoms with Crippen molar-refractivity contribution >= 4 is 40.6 Å². The smallest absolute Gasteiger partial charge is 0.262 e. The van der Waals surface area contributed by atoms with Gasteiger partial charge in [-0.15, -0.1) is 15.3 Å². The highest BCUT2D eigenvalue weighted by Gasteiger charge is 2.16. The van der Waals surface area contributed by atoms with Crippen molar-refractivity contribution in [1.82, 2.24) is 34.3 Å². The van der Waals surface area contributed by atoms with Crippen LogP contribution >= 0.6 is 11.8 Å². The van der Waals surface area contributed by atoms with Crippen molar-refractivity contribution in [3.8, 4) is 0 Å². The van der Waals surface area contributed by atoms with E-state index in [1.807, 2.05) is 78.1 Å². The van der Waals surface area contributed by atoms with Crippen LogP contribution in [0.1, 0.15) is 24.1 Å². The van der Waals surface area contributed by atoms with E-state index in [2.05, 4.69) is 25.4 Å². The second-order valence-electron chi connectivity index (χ2n) is 6.85. The minimum absolute atomic E-state index is 0.0546. The molecule has 9 heteroatoms. The number of aromatic amines is 1. The molecule has 0 aliphatic heterocycles. The maximum Gasteiger partial charge on any atom is 0.262 e. The SMILES string of the molecule is CCn1c(=O)c2ccccc2n2c(CSc3n[nH]c(C=Cc4ccccc4)n3)nnc12. The van der Waals surface area contributed by atoms with Gasteiger partial charge >= 0.3 is 0 Å². The molecular weight excluding hydrogens is 410 g/mol. The van der Waals surface area contributed by atoms with E-state index in [-0.39, 0.29) is 5.56 Å². The predicted molar refractivity (Wildman–Crippen MR) is 122 cm³/mol. The Morgan fingerprint density at radius 2 is 1.84 bits per heavy atom. The monoisotopic (exact) mass is 429 g/mol. The molecule has 8 nitrogen and oxygen atoms in total. The minimum atomic E-state index is -0.0546. The number of benzene rings is 2. The molecule has 2 aromatic carbocycles. The molecule has 0 atom stereocenters. The van der Waals surface area contributed by atoms with E-state index >= 15 is 0 Å². The third-order valence-corrected chi connectivity index (χ3v) is 5.78. The Labute approximate surface area is 181 Å². The number of nitrogens with zero attached hydrogens (tertiary/aromatic N) is 6. The van der Waals surface area contributed by atoms with Crippen LogP contribution in [0.2, 0.25) is 0 Å². The van der Waals surface area contributed by atoms with Crippen LogP contribution in [-0.2, 0) is 12.3 Å². The lowest BCUT2D eigenvalue weighted by Gasteiger charge is -2.09. The Balaban J connectivity index is 1.42. The fourth-order valence-electron chi connectivity index (χ4n) is 3.46. The summed E-state index contributed by atoms with van der Waals surface area (Å²) in [6, 6.07) is 17.6. The first-order valence-corrected chi connectivity index (χ1v) is 10.9. The lowest BCUT2D eigenvalue weighted by molar-refractivity contribution is 0.735.